The van der Waals surface area contributed by atoms with E-state index in [1.165, 1.54) is 12.1 Å². The Balaban J connectivity index is 2.03. The van der Waals surface area contributed by atoms with Crippen molar-refractivity contribution in [3.63, 3.8) is 0 Å². The second-order valence-electron chi connectivity index (χ2n) is 6.88. The number of aliphatic hydroxyl groups is 2. The van der Waals surface area contributed by atoms with E-state index >= 15 is 0 Å². The summed E-state index contributed by atoms with van der Waals surface area (Å²) in [5, 5.41) is 33.8. The van der Waals surface area contributed by atoms with Gasteiger partial charge in [0.2, 0.25) is 11.4 Å². The van der Waals surface area contributed by atoms with Crippen molar-refractivity contribution in [3.8, 4) is 5.75 Å². The van der Waals surface area contributed by atoms with Crippen LogP contribution >= 0.6 is 0 Å². The molecule has 8 heteroatoms. The van der Waals surface area contributed by atoms with Gasteiger partial charge in [-0.15, -0.1) is 0 Å². The van der Waals surface area contributed by atoms with Crippen LogP contribution in [0.15, 0.2) is 30.3 Å². The summed E-state index contributed by atoms with van der Waals surface area (Å²) in [4.78, 5) is 23.7. The van der Waals surface area contributed by atoms with Crippen molar-refractivity contribution in [1.82, 2.24) is 0 Å². The molecule has 2 aromatic carbocycles. The van der Waals surface area contributed by atoms with Gasteiger partial charge in [0.05, 0.1) is 10.5 Å². The average Bonchev–Trinajstić information content (AvgIpc) is 2.91. The number of anilines is 1. The highest BCUT2D eigenvalue weighted by Crippen LogP contribution is 2.60. The topological polar surface area (TPSA) is 136 Å². The standard InChI is InChI=1S/C18H16N2O6/c1-8(2)9-3-4-10-13(7-9)26-18(23)15-12(20(24)25)6-5-11(19)14(15)16(21)17(10,18)22/h3-8,22-23H,19H2,1-2H3. The number of nitrogen functional groups attached to an aromatic ring is 1. The van der Waals surface area contributed by atoms with Crippen molar-refractivity contribution in [1.29, 1.82) is 0 Å². The van der Waals surface area contributed by atoms with Gasteiger partial charge in [0.1, 0.15) is 11.3 Å². The minimum atomic E-state index is -2.62. The van der Waals surface area contributed by atoms with Crippen LogP contribution in [0.4, 0.5) is 11.4 Å². The second kappa shape index (κ2) is 4.80. The lowest BCUT2D eigenvalue weighted by Crippen LogP contribution is -2.48. The normalized spacial score (nSPS) is 25.7. The molecule has 26 heavy (non-hydrogen) atoms. The van der Waals surface area contributed by atoms with E-state index in [2.05, 4.69) is 0 Å². The van der Waals surface area contributed by atoms with Crippen molar-refractivity contribution in [2.24, 2.45) is 0 Å². The predicted molar refractivity (Wildman–Crippen MR) is 90.8 cm³/mol. The Hall–Kier alpha value is -2.97. The van der Waals surface area contributed by atoms with E-state index in [4.69, 9.17) is 10.5 Å². The molecule has 0 spiro atoms. The van der Waals surface area contributed by atoms with E-state index < -0.39 is 33.3 Å². The van der Waals surface area contributed by atoms with Crippen LogP contribution in [0, 0.1) is 10.1 Å². The number of Topliss-reactive ketones (excluding diaryl/α,β-unsaturated/α-hetero) is 1. The fourth-order valence-electron chi connectivity index (χ4n) is 3.73. The SMILES string of the molecule is CC(C)c1ccc2c(c1)OC1(O)c3c([N+](=O)[O-])ccc(N)c3C(=O)C21O. The van der Waals surface area contributed by atoms with Crippen LogP contribution in [0.1, 0.15) is 46.8 Å². The first-order chi connectivity index (χ1) is 12.1. The maximum absolute atomic E-state index is 13.0. The predicted octanol–water partition coefficient (Wildman–Crippen LogP) is 1.92. The van der Waals surface area contributed by atoms with E-state index in [9.17, 15) is 25.1 Å². The number of hydrogen-bond donors (Lipinski definition) is 3. The van der Waals surface area contributed by atoms with Gasteiger partial charge in [0.15, 0.2) is 0 Å². The van der Waals surface area contributed by atoms with Gasteiger partial charge in [-0.2, -0.15) is 0 Å². The summed E-state index contributed by atoms with van der Waals surface area (Å²) in [7, 11) is 0. The number of benzene rings is 2. The van der Waals surface area contributed by atoms with Crippen LogP contribution in [0.2, 0.25) is 0 Å². The van der Waals surface area contributed by atoms with Gasteiger partial charge in [-0.3, -0.25) is 14.9 Å². The number of nitrogens with zero attached hydrogens (tertiary/aromatic N) is 1. The first-order valence-corrected chi connectivity index (χ1v) is 8.03. The molecule has 4 N–H and O–H groups in total. The first kappa shape index (κ1) is 16.5. The summed E-state index contributed by atoms with van der Waals surface area (Å²) in [5.74, 6) is -3.29. The maximum atomic E-state index is 13.0. The minimum absolute atomic E-state index is 0.0549. The summed E-state index contributed by atoms with van der Waals surface area (Å²) < 4.78 is 5.58. The molecule has 2 aliphatic rings. The van der Waals surface area contributed by atoms with Crippen LogP contribution in [0.3, 0.4) is 0 Å². The molecule has 0 bridgehead atoms. The van der Waals surface area contributed by atoms with Gasteiger partial charge in [0.25, 0.3) is 11.5 Å². The Morgan fingerprint density at radius 3 is 2.54 bits per heavy atom. The Morgan fingerprint density at radius 2 is 1.92 bits per heavy atom. The van der Waals surface area contributed by atoms with Crippen molar-refractivity contribution >= 4 is 17.2 Å². The zero-order chi connectivity index (χ0) is 19.0. The largest absolute Gasteiger partial charge is 0.453 e. The van der Waals surface area contributed by atoms with Crippen LogP contribution in [0.25, 0.3) is 0 Å². The number of rotatable bonds is 2. The summed E-state index contributed by atoms with van der Waals surface area (Å²) in [6, 6.07) is 7.10. The van der Waals surface area contributed by atoms with E-state index in [0.29, 0.717) is 0 Å². The molecular formula is C18H16N2O6. The number of ether oxygens (including phenoxy) is 1. The van der Waals surface area contributed by atoms with Gasteiger partial charge in [-0.25, -0.2) is 0 Å². The number of nitrogens with two attached hydrogens (primary N) is 1. The molecule has 0 aromatic heterocycles. The average molecular weight is 356 g/mol. The third-order valence-corrected chi connectivity index (χ3v) is 5.12. The molecule has 0 saturated heterocycles. The molecule has 2 atom stereocenters. The van der Waals surface area contributed by atoms with Crippen molar-refractivity contribution in [2.45, 2.75) is 31.2 Å². The summed E-state index contributed by atoms with van der Waals surface area (Å²) in [6.07, 6.45) is 0. The maximum Gasteiger partial charge on any atom is 0.283 e. The number of nitro benzene ring substituents is 1. The molecule has 134 valence electrons. The lowest BCUT2D eigenvalue weighted by Gasteiger charge is -2.28. The lowest BCUT2D eigenvalue weighted by atomic mass is 9.86. The summed E-state index contributed by atoms with van der Waals surface area (Å²) >= 11 is 0. The summed E-state index contributed by atoms with van der Waals surface area (Å²) in [5.41, 5.74) is 2.91. The molecule has 0 saturated carbocycles. The Morgan fingerprint density at radius 1 is 1.23 bits per heavy atom. The zero-order valence-electron chi connectivity index (χ0n) is 14.0. The van der Waals surface area contributed by atoms with Gasteiger partial charge in [-0.05, 0) is 23.6 Å². The van der Waals surface area contributed by atoms with Gasteiger partial charge >= 0.3 is 0 Å². The first-order valence-electron chi connectivity index (χ1n) is 8.03. The minimum Gasteiger partial charge on any atom is -0.453 e. The van der Waals surface area contributed by atoms with Gasteiger partial charge in [0, 0.05) is 17.3 Å². The molecule has 8 nitrogen and oxygen atoms in total. The second-order valence-corrected chi connectivity index (χ2v) is 6.88. The van der Waals surface area contributed by atoms with E-state index in [0.717, 1.165) is 11.6 Å². The number of carbonyl (C=O) groups is 1. The smallest absolute Gasteiger partial charge is 0.283 e. The molecule has 2 unspecified atom stereocenters. The highest BCUT2D eigenvalue weighted by molar-refractivity contribution is 6.13. The fraction of sp³-hybridized carbons (Fsp3) is 0.278. The number of fused-ring (bicyclic) bond motifs is 5. The number of carbonyl (C=O) groups excluding carboxylic acids is 1. The van der Waals surface area contributed by atoms with E-state index in [-0.39, 0.29) is 28.5 Å². The van der Waals surface area contributed by atoms with Crippen LogP contribution < -0.4 is 10.5 Å². The Kier molecular flexibility index (Phi) is 3.05. The molecule has 2 aromatic rings. The number of hydrogen-bond acceptors (Lipinski definition) is 7. The van der Waals surface area contributed by atoms with Crippen molar-refractivity contribution in [2.75, 3.05) is 5.73 Å². The lowest BCUT2D eigenvalue weighted by molar-refractivity contribution is -0.388. The molecule has 1 heterocycles. The third-order valence-electron chi connectivity index (χ3n) is 5.12. The number of nitro groups is 1. The highest BCUT2D eigenvalue weighted by Gasteiger charge is 2.73. The van der Waals surface area contributed by atoms with Gasteiger partial charge < -0.3 is 20.7 Å². The molecule has 0 fully saturated rings. The summed E-state index contributed by atoms with van der Waals surface area (Å²) in [6.45, 7) is 3.90. The molecule has 0 radical (unpaired) electrons. The molecular weight excluding hydrogens is 340 g/mol. The van der Waals surface area contributed by atoms with E-state index in [1.807, 2.05) is 13.8 Å². The number of ketones is 1. The molecule has 4 rings (SSSR count). The van der Waals surface area contributed by atoms with Crippen LogP contribution in [0.5, 0.6) is 5.75 Å². The third kappa shape index (κ3) is 1.67. The Labute approximate surface area is 148 Å². The zero-order valence-corrected chi connectivity index (χ0v) is 14.0. The quantitative estimate of drug-likeness (QED) is 0.425. The van der Waals surface area contributed by atoms with Gasteiger partial charge in [-0.1, -0.05) is 26.0 Å². The van der Waals surface area contributed by atoms with Crippen molar-refractivity contribution in [3.05, 3.63) is 62.7 Å². The molecule has 0 amide bonds. The fourth-order valence-corrected chi connectivity index (χ4v) is 3.73. The van der Waals surface area contributed by atoms with Crippen LogP contribution in [-0.4, -0.2) is 20.9 Å². The van der Waals surface area contributed by atoms with Crippen LogP contribution in [-0.2, 0) is 11.4 Å². The molecule has 1 aliphatic carbocycles. The Bertz CT molecular complexity index is 1000. The monoisotopic (exact) mass is 356 g/mol. The molecule has 1 aliphatic heterocycles. The van der Waals surface area contributed by atoms with Crippen molar-refractivity contribution < 1.29 is 24.7 Å². The van der Waals surface area contributed by atoms with E-state index in [1.54, 1.807) is 12.1 Å². The highest BCUT2D eigenvalue weighted by atomic mass is 16.7.